The fraction of sp³-hybridized carbons (Fsp3) is 0.125. The van der Waals surface area contributed by atoms with Gasteiger partial charge in [-0.25, -0.2) is 4.79 Å². The Labute approximate surface area is 70.4 Å². The molecule has 0 saturated carbocycles. The summed E-state index contributed by atoms with van der Waals surface area (Å²) in [5.74, 6) is -0.261. The molecule has 0 amide bonds. The molecule has 1 aromatic carbocycles. The molecule has 0 atom stereocenters. The summed E-state index contributed by atoms with van der Waals surface area (Å²) in [5, 5.41) is 8.86. The molecule has 4 nitrogen and oxygen atoms in total. The zero-order valence-corrected chi connectivity index (χ0v) is 6.78. The molecule has 0 aliphatic carbocycles. The van der Waals surface area contributed by atoms with Gasteiger partial charge in [-0.2, -0.15) is 0 Å². The number of methoxy groups -OCH3 is 1. The summed E-state index contributed by atoms with van der Waals surface area (Å²) in [6, 6.07) is 5.88. The van der Waals surface area contributed by atoms with Gasteiger partial charge in [-0.3, -0.25) is 0 Å². The quantitative estimate of drug-likeness (QED) is 0.621. The molecular formula is C8H11NO3. The van der Waals surface area contributed by atoms with Crippen LogP contribution in [0.1, 0.15) is 10.4 Å². The molecule has 1 rings (SSSR count). The Morgan fingerprint density at radius 3 is 2.25 bits per heavy atom. The third-order valence-corrected chi connectivity index (χ3v) is 1.29. The molecule has 12 heavy (non-hydrogen) atoms. The van der Waals surface area contributed by atoms with Gasteiger partial charge in [0.05, 0.1) is 12.7 Å². The van der Waals surface area contributed by atoms with Gasteiger partial charge in [0, 0.05) is 0 Å². The zero-order valence-electron chi connectivity index (χ0n) is 6.78. The van der Waals surface area contributed by atoms with Crippen LogP contribution in [0, 0.1) is 0 Å². The van der Waals surface area contributed by atoms with E-state index in [0.29, 0.717) is 5.56 Å². The van der Waals surface area contributed by atoms with Crippen molar-refractivity contribution in [2.45, 2.75) is 0 Å². The van der Waals surface area contributed by atoms with Crippen molar-refractivity contribution in [2.75, 3.05) is 7.11 Å². The van der Waals surface area contributed by atoms with E-state index >= 15 is 0 Å². The largest absolute Gasteiger partial charge is 0.508 e. The van der Waals surface area contributed by atoms with Crippen molar-refractivity contribution in [1.82, 2.24) is 6.15 Å². The molecule has 0 bridgehead atoms. The van der Waals surface area contributed by atoms with Crippen molar-refractivity contribution < 1.29 is 14.6 Å². The van der Waals surface area contributed by atoms with Gasteiger partial charge < -0.3 is 16.0 Å². The molecule has 0 heterocycles. The van der Waals surface area contributed by atoms with E-state index in [2.05, 4.69) is 4.74 Å². The van der Waals surface area contributed by atoms with Gasteiger partial charge in [0.2, 0.25) is 0 Å². The van der Waals surface area contributed by atoms with Crippen LogP contribution in [0.3, 0.4) is 0 Å². The van der Waals surface area contributed by atoms with E-state index in [-0.39, 0.29) is 11.9 Å². The lowest BCUT2D eigenvalue weighted by Crippen LogP contribution is -1.99. The summed E-state index contributed by atoms with van der Waals surface area (Å²) in [4.78, 5) is 10.8. The van der Waals surface area contributed by atoms with Crippen LogP contribution in [0.4, 0.5) is 0 Å². The van der Waals surface area contributed by atoms with E-state index in [9.17, 15) is 4.79 Å². The number of carbonyl (C=O) groups is 1. The molecule has 66 valence electrons. The Morgan fingerprint density at radius 2 is 1.83 bits per heavy atom. The third kappa shape index (κ3) is 2.25. The summed E-state index contributed by atoms with van der Waals surface area (Å²) in [6.07, 6.45) is 0. The first kappa shape index (κ1) is 10.4. The molecule has 4 heteroatoms. The molecule has 1 aromatic rings. The fourth-order valence-electron chi connectivity index (χ4n) is 0.715. The summed E-state index contributed by atoms with van der Waals surface area (Å²) in [6.45, 7) is 0. The van der Waals surface area contributed by atoms with E-state index in [1.54, 1.807) is 0 Å². The van der Waals surface area contributed by atoms with E-state index in [1.165, 1.54) is 31.4 Å². The average molecular weight is 169 g/mol. The van der Waals surface area contributed by atoms with Crippen LogP contribution in [0.15, 0.2) is 24.3 Å². The van der Waals surface area contributed by atoms with Gasteiger partial charge in [-0.1, -0.05) is 0 Å². The van der Waals surface area contributed by atoms with Crippen molar-refractivity contribution >= 4 is 5.97 Å². The highest BCUT2D eigenvalue weighted by atomic mass is 16.5. The number of aromatic hydroxyl groups is 1. The summed E-state index contributed by atoms with van der Waals surface area (Å²) >= 11 is 0. The SMILES string of the molecule is COC(=O)c1ccc(O)cc1.N. The maximum atomic E-state index is 10.8. The van der Waals surface area contributed by atoms with E-state index in [0.717, 1.165) is 0 Å². The second kappa shape index (κ2) is 4.35. The minimum atomic E-state index is -0.398. The van der Waals surface area contributed by atoms with Gasteiger partial charge in [-0.15, -0.1) is 0 Å². The molecule has 4 N–H and O–H groups in total. The second-order valence-electron chi connectivity index (χ2n) is 2.04. The molecule has 0 spiro atoms. The lowest BCUT2D eigenvalue weighted by Gasteiger charge is -1.97. The summed E-state index contributed by atoms with van der Waals surface area (Å²) in [5.41, 5.74) is 0.435. The van der Waals surface area contributed by atoms with Gasteiger partial charge >= 0.3 is 5.97 Å². The first-order valence-corrected chi connectivity index (χ1v) is 3.11. The minimum absolute atomic E-state index is 0. The van der Waals surface area contributed by atoms with Gasteiger partial charge in [-0.05, 0) is 24.3 Å². The smallest absolute Gasteiger partial charge is 0.337 e. The number of carbonyl (C=O) groups excluding carboxylic acids is 1. The van der Waals surface area contributed by atoms with Crippen molar-refractivity contribution in [3.8, 4) is 5.75 Å². The number of rotatable bonds is 1. The molecule has 0 aliphatic rings. The Balaban J connectivity index is 0.00000121. The standard InChI is InChI=1S/C8H8O3.H3N/c1-11-8(10)6-2-4-7(9)5-3-6;/h2-5,9H,1H3;1H3. The van der Waals surface area contributed by atoms with Crippen LogP contribution in [0.25, 0.3) is 0 Å². The van der Waals surface area contributed by atoms with Crippen LogP contribution < -0.4 is 6.15 Å². The highest BCUT2D eigenvalue weighted by Crippen LogP contribution is 2.09. The van der Waals surface area contributed by atoms with Crippen LogP contribution in [-0.4, -0.2) is 18.2 Å². The normalized spacial score (nSPS) is 8.42. The van der Waals surface area contributed by atoms with E-state index < -0.39 is 5.97 Å². The lowest BCUT2D eigenvalue weighted by atomic mass is 10.2. The topological polar surface area (TPSA) is 81.5 Å². The first-order valence-electron chi connectivity index (χ1n) is 3.11. The molecule has 0 radical (unpaired) electrons. The van der Waals surface area contributed by atoms with Crippen LogP contribution >= 0.6 is 0 Å². The van der Waals surface area contributed by atoms with Crippen molar-refractivity contribution in [1.29, 1.82) is 0 Å². The van der Waals surface area contributed by atoms with Gasteiger partial charge in [0.25, 0.3) is 0 Å². The van der Waals surface area contributed by atoms with E-state index in [1.807, 2.05) is 0 Å². The fourth-order valence-corrected chi connectivity index (χ4v) is 0.715. The monoisotopic (exact) mass is 169 g/mol. The molecule has 0 unspecified atom stereocenters. The van der Waals surface area contributed by atoms with Crippen LogP contribution in [0.2, 0.25) is 0 Å². The highest BCUT2D eigenvalue weighted by molar-refractivity contribution is 5.89. The molecule has 0 aromatic heterocycles. The molecule has 0 aliphatic heterocycles. The first-order chi connectivity index (χ1) is 5.24. The Hall–Kier alpha value is -1.55. The highest BCUT2D eigenvalue weighted by Gasteiger charge is 2.02. The van der Waals surface area contributed by atoms with E-state index in [4.69, 9.17) is 5.11 Å². The maximum absolute atomic E-state index is 10.8. The number of phenolic OH excluding ortho intramolecular Hbond substituents is 1. The number of esters is 1. The van der Waals surface area contributed by atoms with Crippen molar-refractivity contribution in [2.24, 2.45) is 0 Å². The average Bonchev–Trinajstić information content (AvgIpc) is 2.05. The Morgan fingerprint density at radius 1 is 1.33 bits per heavy atom. The molecular weight excluding hydrogens is 158 g/mol. The molecule has 0 fully saturated rings. The number of ether oxygens (including phenoxy) is 1. The van der Waals surface area contributed by atoms with Crippen molar-refractivity contribution in [3.63, 3.8) is 0 Å². The number of hydrogen-bond acceptors (Lipinski definition) is 4. The maximum Gasteiger partial charge on any atom is 0.337 e. The molecule has 0 saturated heterocycles. The third-order valence-electron chi connectivity index (χ3n) is 1.29. The minimum Gasteiger partial charge on any atom is -0.508 e. The summed E-state index contributed by atoms with van der Waals surface area (Å²) in [7, 11) is 1.31. The number of phenols is 1. The Bertz CT molecular complexity index is 256. The lowest BCUT2D eigenvalue weighted by molar-refractivity contribution is 0.0601. The van der Waals surface area contributed by atoms with Gasteiger partial charge in [0.1, 0.15) is 5.75 Å². The predicted octanol–water partition coefficient (Wildman–Crippen LogP) is 1.34. The summed E-state index contributed by atoms with van der Waals surface area (Å²) < 4.78 is 4.46. The van der Waals surface area contributed by atoms with Crippen molar-refractivity contribution in [3.05, 3.63) is 29.8 Å². The van der Waals surface area contributed by atoms with Crippen LogP contribution in [0.5, 0.6) is 5.75 Å². The zero-order chi connectivity index (χ0) is 8.27. The number of hydrogen-bond donors (Lipinski definition) is 2. The number of benzene rings is 1. The van der Waals surface area contributed by atoms with Crippen LogP contribution in [-0.2, 0) is 4.74 Å². The second-order valence-corrected chi connectivity index (χ2v) is 2.04. The predicted molar refractivity (Wildman–Crippen MR) is 44.5 cm³/mol. The van der Waals surface area contributed by atoms with Gasteiger partial charge in [0.15, 0.2) is 0 Å². The Kier molecular flexibility index (Phi) is 3.79.